The first kappa shape index (κ1) is 20.1. The van der Waals surface area contributed by atoms with Crippen LogP contribution in [0.5, 0.6) is 0 Å². The van der Waals surface area contributed by atoms with E-state index in [9.17, 15) is 14.4 Å². The molecule has 0 fully saturated rings. The molecule has 1 amide bonds. The van der Waals surface area contributed by atoms with Crippen molar-refractivity contribution in [3.05, 3.63) is 88.0 Å². The van der Waals surface area contributed by atoms with E-state index in [4.69, 9.17) is 0 Å². The molecule has 3 aromatic rings. The van der Waals surface area contributed by atoms with Gasteiger partial charge in [0, 0.05) is 22.8 Å². The number of halogens is 1. The standard InChI is InChI=1S/C24H22FN3O/c1-15-5-10-23(16(2)11-15)28-17(3)12-19(18(28)4)13-20(14-26)24(29)27-22-8-6-21(25)7-9-22/h5-13H,1-4H3,(H,27,29)/b20-13+. The molecule has 146 valence electrons. The fourth-order valence-electron chi connectivity index (χ4n) is 3.40. The summed E-state index contributed by atoms with van der Waals surface area (Å²) in [6, 6.07) is 15.6. The minimum atomic E-state index is -0.532. The molecule has 0 saturated carbocycles. The Hall–Kier alpha value is -3.65. The number of hydrogen-bond acceptors (Lipinski definition) is 2. The minimum absolute atomic E-state index is 0.0183. The second kappa shape index (κ2) is 8.15. The van der Waals surface area contributed by atoms with Crippen molar-refractivity contribution in [2.75, 3.05) is 5.32 Å². The van der Waals surface area contributed by atoms with E-state index in [1.54, 1.807) is 6.08 Å². The van der Waals surface area contributed by atoms with Crippen LogP contribution in [0.2, 0.25) is 0 Å². The van der Waals surface area contributed by atoms with Crippen LogP contribution >= 0.6 is 0 Å². The molecule has 29 heavy (non-hydrogen) atoms. The molecule has 5 heteroatoms. The van der Waals surface area contributed by atoms with Gasteiger partial charge in [-0.1, -0.05) is 17.7 Å². The molecule has 0 spiro atoms. The van der Waals surface area contributed by atoms with Crippen LogP contribution in [-0.4, -0.2) is 10.5 Å². The van der Waals surface area contributed by atoms with Crippen molar-refractivity contribution in [1.82, 2.24) is 4.57 Å². The number of carbonyl (C=O) groups is 1. The zero-order valence-electron chi connectivity index (χ0n) is 16.9. The van der Waals surface area contributed by atoms with Gasteiger partial charge in [-0.15, -0.1) is 0 Å². The van der Waals surface area contributed by atoms with Crippen molar-refractivity contribution in [3.63, 3.8) is 0 Å². The van der Waals surface area contributed by atoms with E-state index in [0.29, 0.717) is 5.69 Å². The molecule has 0 saturated heterocycles. The van der Waals surface area contributed by atoms with Gasteiger partial charge in [0.15, 0.2) is 0 Å². The lowest BCUT2D eigenvalue weighted by atomic mass is 10.1. The quantitative estimate of drug-likeness (QED) is 0.482. The fourth-order valence-corrected chi connectivity index (χ4v) is 3.40. The molecule has 4 nitrogen and oxygen atoms in total. The predicted molar refractivity (Wildman–Crippen MR) is 113 cm³/mol. The lowest BCUT2D eigenvalue weighted by Crippen LogP contribution is -2.13. The van der Waals surface area contributed by atoms with Gasteiger partial charge in [0.2, 0.25) is 0 Å². The maximum atomic E-state index is 13.0. The summed E-state index contributed by atoms with van der Waals surface area (Å²) in [7, 11) is 0. The number of benzene rings is 2. The number of carbonyl (C=O) groups excluding carboxylic acids is 1. The van der Waals surface area contributed by atoms with Crippen molar-refractivity contribution in [1.29, 1.82) is 5.26 Å². The first-order valence-electron chi connectivity index (χ1n) is 9.25. The van der Waals surface area contributed by atoms with E-state index in [0.717, 1.165) is 28.2 Å². The topological polar surface area (TPSA) is 57.8 Å². The van der Waals surface area contributed by atoms with Crippen molar-refractivity contribution < 1.29 is 9.18 Å². The van der Waals surface area contributed by atoms with Gasteiger partial charge in [-0.2, -0.15) is 5.26 Å². The van der Waals surface area contributed by atoms with Gasteiger partial charge in [-0.05, 0) is 81.3 Å². The normalized spacial score (nSPS) is 11.2. The van der Waals surface area contributed by atoms with E-state index in [1.165, 1.54) is 29.8 Å². The Kier molecular flexibility index (Phi) is 5.65. The number of aromatic nitrogens is 1. The van der Waals surface area contributed by atoms with Crippen molar-refractivity contribution in [2.24, 2.45) is 0 Å². The summed E-state index contributed by atoms with van der Waals surface area (Å²) < 4.78 is 15.2. The second-order valence-corrected chi connectivity index (χ2v) is 7.08. The predicted octanol–water partition coefficient (Wildman–Crippen LogP) is 5.40. The Morgan fingerprint density at radius 3 is 2.38 bits per heavy atom. The number of nitriles is 1. The number of amides is 1. The summed E-state index contributed by atoms with van der Waals surface area (Å²) in [4.78, 5) is 12.5. The molecule has 1 N–H and O–H groups in total. The van der Waals surface area contributed by atoms with Crippen molar-refractivity contribution in [3.8, 4) is 11.8 Å². The van der Waals surface area contributed by atoms with Crippen LogP contribution in [0, 0.1) is 44.8 Å². The van der Waals surface area contributed by atoms with Gasteiger partial charge in [0.05, 0.1) is 0 Å². The van der Waals surface area contributed by atoms with Crippen molar-refractivity contribution in [2.45, 2.75) is 27.7 Å². The average molecular weight is 387 g/mol. The third-order valence-corrected chi connectivity index (χ3v) is 4.83. The zero-order valence-corrected chi connectivity index (χ0v) is 16.9. The molecule has 0 aliphatic carbocycles. The third-order valence-electron chi connectivity index (χ3n) is 4.83. The largest absolute Gasteiger partial charge is 0.321 e. The van der Waals surface area contributed by atoms with Gasteiger partial charge in [-0.25, -0.2) is 4.39 Å². The van der Waals surface area contributed by atoms with Crippen LogP contribution in [0.3, 0.4) is 0 Å². The second-order valence-electron chi connectivity index (χ2n) is 7.08. The average Bonchev–Trinajstić information content (AvgIpc) is 2.95. The smallest absolute Gasteiger partial charge is 0.266 e. The molecule has 0 unspecified atom stereocenters. The van der Waals surface area contributed by atoms with Crippen LogP contribution in [0.25, 0.3) is 11.8 Å². The maximum Gasteiger partial charge on any atom is 0.266 e. The molecule has 0 radical (unpaired) electrons. The lowest BCUT2D eigenvalue weighted by molar-refractivity contribution is -0.112. The van der Waals surface area contributed by atoms with E-state index in [1.807, 2.05) is 26.0 Å². The molecule has 1 aromatic heterocycles. The Morgan fingerprint density at radius 2 is 1.76 bits per heavy atom. The van der Waals surface area contributed by atoms with Gasteiger partial charge in [-0.3, -0.25) is 4.79 Å². The Balaban J connectivity index is 1.95. The number of anilines is 1. The number of hydrogen-bond donors (Lipinski definition) is 1. The zero-order chi connectivity index (χ0) is 21.1. The highest BCUT2D eigenvalue weighted by Crippen LogP contribution is 2.25. The maximum absolute atomic E-state index is 13.0. The van der Waals surface area contributed by atoms with E-state index in [-0.39, 0.29) is 5.57 Å². The molecule has 1 heterocycles. The van der Waals surface area contributed by atoms with Gasteiger partial charge >= 0.3 is 0 Å². The summed E-state index contributed by atoms with van der Waals surface area (Å²) in [6.07, 6.45) is 1.58. The fraction of sp³-hybridized carbons (Fsp3) is 0.167. The third kappa shape index (κ3) is 4.27. The highest BCUT2D eigenvalue weighted by Gasteiger charge is 2.15. The van der Waals surface area contributed by atoms with E-state index >= 15 is 0 Å². The van der Waals surface area contributed by atoms with E-state index in [2.05, 4.69) is 41.9 Å². The first-order valence-corrected chi connectivity index (χ1v) is 9.25. The first-order chi connectivity index (χ1) is 13.8. The summed E-state index contributed by atoms with van der Waals surface area (Å²) in [6.45, 7) is 8.08. The van der Waals surface area contributed by atoms with Crippen LogP contribution in [0.15, 0.2) is 54.1 Å². The molecule has 0 aliphatic heterocycles. The van der Waals surface area contributed by atoms with Gasteiger partial charge in [0.1, 0.15) is 17.5 Å². The molecular formula is C24H22FN3O. The van der Waals surface area contributed by atoms with Gasteiger partial charge in [0.25, 0.3) is 5.91 Å². The number of rotatable bonds is 4. The molecule has 3 rings (SSSR count). The van der Waals surface area contributed by atoms with E-state index < -0.39 is 11.7 Å². The summed E-state index contributed by atoms with van der Waals surface area (Å²) >= 11 is 0. The summed E-state index contributed by atoms with van der Waals surface area (Å²) in [5.41, 5.74) is 6.57. The highest BCUT2D eigenvalue weighted by atomic mass is 19.1. The molecule has 0 aliphatic rings. The number of nitrogens with zero attached hydrogens (tertiary/aromatic N) is 2. The highest BCUT2D eigenvalue weighted by molar-refractivity contribution is 6.09. The van der Waals surface area contributed by atoms with Crippen molar-refractivity contribution >= 4 is 17.7 Å². The lowest BCUT2D eigenvalue weighted by Gasteiger charge is -2.13. The minimum Gasteiger partial charge on any atom is -0.321 e. The Morgan fingerprint density at radius 1 is 1.07 bits per heavy atom. The van der Waals surface area contributed by atoms with Crippen LogP contribution in [0.1, 0.15) is 28.1 Å². The number of aryl methyl sites for hydroxylation is 3. The van der Waals surface area contributed by atoms with Crippen LogP contribution in [-0.2, 0) is 4.79 Å². The monoisotopic (exact) mass is 387 g/mol. The Labute approximate surface area is 169 Å². The summed E-state index contributed by atoms with van der Waals surface area (Å²) in [5.74, 6) is -0.923. The number of nitrogens with one attached hydrogen (secondary N) is 1. The van der Waals surface area contributed by atoms with Crippen LogP contribution in [0.4, 0.5) is 10.1 Å². The molecular weight excluding hydrogens is 365 g/mol. The molecule has 0 bridgehead atoms. The Bertz CT molecular complexity index is 1150. The van der Waals surface area contributed by atoms with Gasteiger partial charge < -0.3 is 9.88 Å². The SMILES string of the molecule is Cc1ccc(-n2c(C)cc(/C=C(\C#N)C(=O)Nc3ccc(F)cc3)c2C)c(C)c1. The molecule has 0 atom stereocenters. The summed E-state index contributed by atoms with van der Waals surface area (Å²) in [5, 5.41) is 12.1. The molecule has 2 aromatic carbocycles. The van der Waals surface area contributed by atoms with Crippen LogP contribution < -0.4 is 5.32 Å².